The number of carbonyl (C=O) groups is 1. The van der Waals surface area contributed by atoms with Crippen LogP contribution >= 0.6 is 11.3 Å². The lowest BCUT2D eigenvalue weighted by molar-refractivity contribution is 0.0323. The highest BCUT2D eigenvalue weighted by molar-refractivity contribution is 7.17. The van der Waals surface area contributed by atoms with Crippen LogP contribution in [0.4, 0.5) is 0 Å². The molecule has 0 spiro atoms. The maximum absolute atomic E-state index is 11.9. The second-order valence-corrected chi connectivity index (χ2v) is 6.25. The molecule has 23 heavy (non-hydrogen) atoms. The topological polar surface area (TPSA) is 48.0 Å². The zero-order valence-corrected chi connectivity index (χ0v) is 14.1. The number of rotatable bonds is 6. The molecule has 124 valence electrons. The third-order valence-corrected chi connectivity index (χ3v) is 4.76. The standard InChI is InChI=1S/C17H21NO4S/c1-2-21-17(19)13-3-4-16-14(11-13)15(12-23-16)22-10-7-18-5-8-20-9-6-18/h3-4,11-12H,2,5-10H2,1H3. The van der Waals surface area contributed by atoms with Crippen molar-refractivity contribution in [2.75, 3.05) is 46.1 Å². The van der Waals surface area contributed by atoms with E-state index in [9.17, 15) is 4.79 Å². The average Bonchev–Trinajstić information content (AvgIpc) is 2.98. The average molecular weight is 335 g/mol. The first kappa shape index (κ1) is 16.2. The number of morpholine rings is 1. The molecule has 0 N–H and O–H groups in total. The van der Waals surface area contributed by atoms with E-state index in [4.69, 9.17) is 14.2 Å². The second-order valence-electron chi connectivity index (χ2n) is 5.33. The van der Waals surface area contributed by atoms with E-state index >= 15 is 0 Å². The van der Waals surface area contributed by atoms with Gasteiger partial charge in [0.25, 0.3) is 0 Å². The van der Waals surface area contributed by atoms with Gasteiger partial charge in [-0.1, -0.05) is 0 Å². The molecule has 1 aliphatic heterocycles. The summed E-state index contributed by atoms with van der Waals surface area (Å²) in [6.07, 6.45) is 0. The maximum atomic E-state index is 11.9. The van der Waals surface area contributed by atoms with E-state index < -0.39 is 0 Å². The van der Waals surface area contributed by atoms with Crippen molar-refractivity contribution in [3.63, 3.8) is 0 Å². The molecular weight excluding hydrogens is 314 g/mol. The van der Waals surface area contributed by atoms with E-state index in [1.165, 1.54) is 0 Å². The molecule has 1 aromatic heterocycles. The molecule has 0 amide bonds. The van der Waals surface area contributed by atoms with Crippen LogP contribution in [0.5, 0.6) is 5.75 Å². The summed E-state index contributed by atoms with van der Waals surface area (Å²) >= 11 is 1.62. The van der Waals surface area contributed by atoms with Gasteiger partial charge in [0.1, 0.15) is 12.4 Å². The molecule has 0 radical (unpaired) electrons. The van der Waals surface area contributed by atoms with E-state index in [0.717, 1.165) is 48.7 Å². The summed E-state index contributed by atoms with van der Waals surface area (Å²) in [6.45, 7) is 7.22. The third-order valence-electron chi connectivity index (χ3n) is 3.82. The first-order valence-corrected chi connectivity index (χ1v) is 8.77. The van der Waals surface area contributed by atoms with Gasteiger partial charge >= 0.3 is 5.97 Å². The fourth-order valence-electron chi connectivity index (χ4n) is 2.57. The molecular formula is C17H21NO4S. The van der Waals surface area contributed by atoms with Gasteiger partial charge in [-0.3, -0.25) is 4.90 Å². The maximum Gasteiger partial charge on any atom is 0.338 e. The van der Waals surface area contributed by atoms with Gasteiger partial charge in [-0.2, -0.15) is 0 Å². The Labute approximate surface area is 139 Å². The Hall–Kier alpha value is -1.63. The smallest absolute Gasteiger partial charge is 0.338 e. The van der Waals surface area contributed by atoms with Crippen LogP contribution in [0.2, 0.25) is 0 Å². The van der Waals surface area contributed by atoms with Crippen LogP contribution in [-0.4, -0.2) is 56.9 Å². The summed E-state index contributed by atoms with van der Waals surface area (Å²) < 4.78 is 17.4. The molecule has 0 aliphatic carbocycles. The minimum Gasteiger partial charge on any atom is -0.491 e. The Morgan fingerprint density at radius 2 is 2.17 bits per heavy atom. The Morgan fingerprint density at radius 3 is 2.96 bits per heavy atom. The van der Waals surface area contributed by atoms with E-state index in [1.807, 2.05) is 17.5 Å². The van der Waals surface area contributed by atoms with E-state index in [2.05, 4.69) is 4.90 Å². The second kappa shape index (κ2) is 7.77. The number of thiophene rings is 1. The molecule has 6 heteroatoms. The van der Waals surface area contributed by atoms with Crippen molar-refractivity contribution >= 4 is 27.4 Å². The predicted molar refractivity (Wildman–Crippen MR) is 90.5 cm³/mol. The van der Waals surface area contributed by atoms with Gasteiger partial charge in [0, 0.05) is 35.1 Å². The lowest BCUT2D eigenvalue weighted by Crippen LogP contribution is -2.38. The number of ether oxygens (including phenoxy) is 3. The molecule has 0 atom stereocenters. The van der Waals surface area contributed by atoms with Crippen molar-refractivity contribution in [2.24, 2.45) is 0 Å². The number of esters is 1. The fraction of sp³-hybridized carbons (Fsp3) is 0.471. The van der Waals surface area contributed by atoms with Gasteiger partial charge in [0.2, 0.25) is 0 Å². The van der Waals surface area contributed by atoms with Gasteiger partial charge in [-0.25, -0.2) is 4.79 Å². The SMILES string of the molecule is CCOC(=O)c1ccc2scc(OCCN3CCOCC3)c2c1. The van der Waals surface area contributed by atoms with Gasteiger partial charge in [-0.15, -0.1) is 11.3 Å². The van der Waals surface area contributed by atoms with Crippen molar-refractivity contribution in [1.82, 2.24) is 4.90 Å². The minimum absolute atomic E-state index is 0.292. The third kappa shape index (κ3) is 4.02. The van der Waals surface area contributed by atoms with Crippen LogP contribution < -0.4 is 4.74 Å². The monoisotopic (exact) mass is 335 g/mol. The highest BCUT2D eigenvalue weighted by Crippen LogP contribution is 2.33. The predicted octanol–water partition coefficient (Wildman–Crippen LogP) is 2.79. The zero-order valence-electron chi connectivity index (χ0n) is 13.2. The largest absolute Gasteiger partial charge is 0.491 e. The molecule has 1 aliphatic rings. The summed E-state index contributed by atoms with van der Waals surface area (Å²) in [5, 5.41) is 2.97. The highest BCUT2D eigenvalue weighted by atomic mass is 32.1. The van der Waals surface area contributed by atoms with Crippen LogP contribution in [0.1, 0.15) is 17.3 Å². The summed E-state index contributed by atoms with van der Waals surface area (Å²) in [7, 11) is 0. The number of benzene rings is 1. The summed E-state index contributed by atoms with van der Waals surface area (Å²) in [5.74, 6) is 0.546. The Bertz CT molecular complexity index is 664. The van der Waals surface area contributed by atoms with Gasteiger partial charge in [-0.05, 0) is 25.1 Å². The Balaban J connectivity index is 1.65. The molecule has 2 heterocycles. The Morgan fingerprint density at radius 1 is 1.35 bits per heavy atom. The van der Waals surface area contributed by atoms with Gasteiger partial charge < -0.3 is 14.2 Å². The van der Waals surface area contributed by atoms with Crippen LogP contribution in [0.3, 0.4) is 0 Å². The normalized spacial score (nSPS) is 15.7. The summed E-state index contributed by atoms with van der Waals surface area (Å²) in [6, 6.07) is 5.60. The zero-order chi connectivity index (χ0) is 16.1. The molecule has 1 fully saturated rings. The molecule has 3 rings (SSSR count). The molecule has 1 saturated heterocycles. The quantitative estimate of drug-likeness (QED) is 0.760. The van der Waals surface area contributed by atoms with Crippen molar-refractivity contribution in [3.8, 4) is 5.75 Å². The first-order chi connectivity index (χ1) is 11.3. The van der Waals surface area contributed by atoms with Crippen LogP contribution in [0.25, 0.3) is 10.1 Å². The number of nitrogens with zero attached hydrogens (tertiary/aromatic N) is 1. The minimum atomic E-state index is -0.292. The number of fused-ring (bicyclic) bond motifs is 1. The summed E-state index contributed by atoms with van der Waals surface area (Å²) in [4.78, 5) is 14.2. The molecule has 0 saturated carbocycles. The lowest BCUT2D eigenvalue weighted by Gasteiger charge is -2.26. The lowest BCUT2D eigenvalue weighted by atomic mass is 10.1. The summed E-state index contributed by atoms with van der Waals surface area (Å²) in [5.41, 5.74) is 0.566. The Kier molecular flexibility index (Phi) is 5.48. The number of hydrogen-bond donors (Lipinski definition) is 0. The van der Waals surface area contributed by atoms with Crippen molar-refractivity contribution in [2.45, 2.75) is 6.92 Å². The molecule has 5 nitrogen and oxygen atoms in total. The van der Waals surface area contributed by atoms with Crippen molar-refractivity contribution < 1.29 is 19.0 Å². The van der Waals surface area contributed by atoms with E-state index in [0.29, 0.717) is 18.8 Å². The number of hydrogen-bond acceptors (Lipinski definition) is 6. The first-order valence-electron chi connectivity index (χ1n) is 7.89. The fourth-order valence-corrected chi connectivity index (χ4v) is 3.43. The molecule has 2 aromatic rings. The van der Waals surface area contributed by atoms with Crippen molar-refractivity contribution in [1.29, 1.82) is 0 Å². The van der Waals surface area contributed by atoms with Gasteiger partial charge in [0.15, 0.2) is 0 Å². The van der Waals surface area contributed by atoms with E-state index in [1.54, 1.807) is 24.3 Å². The van der Waals surface area contributed by atoms with Crippen molar-refractivity contribution in [3.05, 3.63) is 29.1 Å². The highest BCUT2D eigenvalue weighted by Gasteiger charge is 2.13. The van der Waals surface area contributed by atoms with E-state index in [-0.39, 0.29) is 5.97 Å². The molecule has 0 bridgehead atoms. The molecule has 0 unspecified atom stereocenters. The van der Waals surface area contributed by atoms with Crippen LogP contribution in [-0.2, 0) is 9.47 Å². The van der Waals surface area contributed by atoms with Crippen LogP contribution in [0, 0.1) is 0 Å². The number of carbonyl (C=O) groups excluding carboxylic acids is 1. The van der Waals surface area contributed by atoms with Crippen LogP contribution in [0.15, 0.2) is 23.6 Å². The molecule has 1 aromatic carbocycles. The van der Waals surface area contributed by atoms with Gasteiger partial charge in [0.05, 0.1) is 25.4 Å².